The molecule has 0 unspecified atom stereocenters. The maximum atomic E-state index is 11.5. The Bertz CT molecular complexity index is 443. The lowest BCUT2D eigenvalue weighted by Gasteiger charge is -2.38. The Labute approximate surface area is 106 Å². The molecule has 0 aromatic heterocycles. The molecule has 1 heterocycles. The summed E-state index contributed by atoms with van der Waals surface area (Å²) in [5, 5.41) is -0.867. The van der Waals surface area contributed by atoms with Crippen molar-refractivity contribution < 1.29 is 26.9 Å². The second kappa shape index (κ2) is 4.75. The van der Waals surface area contributed by atoms with Gasteiger partial charge in [-0.15, -0.1) is 0 Å². The molecule has 1 saturated heterocycles. The minimum atomic E-state index is -3.93. The maximum Gasteiger partial charge on any atom is 0.410 e. The first kappa shape index (κ1) is 14.7. The molecule has 0 aromatic rings. The Kier molecular flexibility index (Phi) is 3.89. The van der Waals surface area contributed by atoms with Crippen molar-refractivity contribution in [2.24, 2.45) is 0 Å². The van der Waals surface area contributed by atoms with Crippen molar-refractivity contribution in [1.29, 1.82) is 0 Å². The van der Waals surface area contributed by atoms with E-state index in [1.165, 1.54) is 4.90 Å². The summed E-state index contributed by atoms with van der Waals surface area (Å²) in [5.41, 5.74) is -0.628. The number of carbonyl (C=O) groups is 2. The molecule has 7 nitrogen and oxygen atoms in total. The standard InChI is InChI=1S/C10H17NO6S/c1-7(12)17-18(14,15)8-5-11(6-8)9(13)16-10(2,3)4/h8H,5-6H2,1-4H3. The second-order valence-corrected chi connectivity index (χ2v) is 6.89. The number of likely N-dealkylation sites (tertiary alicyclic amines) is 1. The van der Waals surface area contributed by atoms with Crippen LogP contribution in [0.2, 0.25) is 0 Å². The highest BCUT2D eigenvalue weighted by molar-refractivity contribution is 7.87. The van der Waals surface area contributed by atoms with Gasteiger partial charge in [-0.1, -0.05) is 0 Å². The molecule has 104 valence electrons. The molecule has 1 rings (SSSR count). The molecule has 0 aliphatic carbocycles. The third kappa shape index (κ3) is 3.86. The van der Waals surface area contributed by atoms with Crippen LogP contribution < -0.4 is 0 Å². The highest BCUT2D eigenvalue weighted by atomic mass is 32.2. The fourth-order valence-corrected chi connectivity index (χ4v) is 2.52. The molecular weight excluding hydrogens is 262 g/mol. The lowest BCUT2D eigenvalue weighted by molar-refractivity contribution is -0.131. The largest absolute Gasteiger partial charge is 0.444 e. The minimum Gasteiger partial charge on any atom is -0.444 e. The van der Waals surface area contributed by atoms with Crippen molar-refractivity contribution in [2.75, 3.05) is 13.1 Å². The van der Waals surface area contributed by atoms with Crippen LogP contribution in [0.1, 0.15) is 27.7 Å². The van der Waals surface area contributed by atoms with Crippen LogP contribution in [0.3, 0.4) is 0 Å². The van der Waals surface area contributed by atoms with Crippen LogP contribution >= 0.6 is 0 Å². The van der Waals surface area contributed by atoms with Gasteiger partial charge in [-0.05, 0) is 20.8 Å². The molecule has 0 spiro atoms. The Balaban J connectivity index is 2.50. The summed E-state index contributed by atoms with van der Waals surface area (Å²) in [4.78, 5) is 23.4. The Morgan fingerprint density at radius 2 is 1.72 bits per heavy atom. The average molecular weight is 279 g/mol. The van der Waals surface area contributed by atoms with Crippen molar-refractivity contribution in [3.63, 3.8) is 0 Å². The van der Waals surface area contributed by atoms with E-state index >= 15 is 0 Å². The first-order valence-electron chi connectivity index (χ1n) is 5.43. The normalized spacial score (nSPS) is 17.0. The van der Waals surface area contributed by atoms with Crippen LogP contribution in [0.5, 0.6) is 0 Å². The molecule has 8 heteroatoms. The van der Waals surface area contributed by atoms with Gasteiger partial charge in [0.1, 0.15) is 10.9 Å². The van der Waals surface area contributed by atoms with Crippen LogP contribution in [-0.4, -0.2) is 49.3 Å². The summed E-state index contributed by atoms with van der Waals surface area (Å²) < 4.78 is 32.2. The van der Waals surface area contributed by atoms with Gasteiger partial charge in [0.2, 0.25) is 0 Å². The molecule has 1 aliphatic heterocycles. The summed E-state index contributed by atoms with van der Waals surface area (Å²) in [5.74, 6) is -0.884. The number of rotatable bonds is 2. The number of amides is 1. The molecule has 0 atom stereocenters. The first-order chi connectivity index (χ1) is 8.01. The van der Waals surface area contributed by atoms with Crippen LogP contribution in [0.4, 0.5) is 4.79 Å². The van der Waals surface area contributed by atoms with E-state index in [4.69, 9.17) is 4.74 Å². The average Bonchev–Trinajstić information content (AvgIpc) is 1.91. The summed E-state index contributed by atoms with van der Waals surface area (Å²) in [6, 6.07) is 0. The number of carbonyl (C=O) groups excluding carboxylic acids is 2. The SMILES string of the molecule is CC(=O)OS(=O)(=O)C1CN(C(=O)OC(C)(C)C)C1. The lowest BCUT2D eigenvalue weighted by atomic mass is 10.2. The van der Waals surface area contributed by atoms with E-state index in [-0.39, 0.29) is 13.1 Å². The fourth-order valence-electron chi connectivity index (χ4n) is 1.33. The number of hydrogen-bond donors (Lipinski definition) is 0. The van der Waals surface area contributed by atoms with Gasteiger partial charge in [-0.3, -0.25) is 4.79 Å². The molecular formula is C10H17NO6S. The van der Waals surface area contributed by atoms with Crippen LogP contribution in [-0.2, 0) is 23.8 Å². The van der Waals surface area contributed by atoms with Gasteiger partial charge in [0.15, 0.2) is 0 Å². The summed E-state index contributed by atoms with van der Waals surface area (Å²) in [6.45, 7) is 6.13. The van der Waals surface area contributed by atoms with E-state index in [9.17, 15) is 18.0 Å². The molecule has 1 aliphatic rings. The zero-order chi connectivity index (χ0) is 14.1. The van der Waals surface area contributed by atoms with E-state index in [0.717, 1.165) is 6.92 Å². The topological polar surface area (TPSA) is 90.0 Å². The predicted octanol–water partition coefficient (Wildman–Crippen LogP) is 0.499. The van der Waals surface area contributed by atoms with Gasteiger partial charge in [0, 0.05) is 20.0 Å². The highest BCUT2D eigenvalue weighted by Gasteiger charge is 2.43. The molecule has 0 bridgehead atoms. The molecule has 18 heavy (non-hydrogen) atoms. The minimum absolute atomic E-state index is 0.0233. The number of ether oxygens (including phenoxy) is 1. The van der Waals surface area contributed by atoms with Gasteiger partial charge in [0.05, 0.1) is 0 Å². The lowest BCUT2D eigenvalue weighted by Crippen LogP contribution is -2.58. The monoisotopic (exact) mass is 279 g/mol. The van der Waals surface area contributed by atoms with Crippen LogP contribution in [0, 0.1) is 0 Å². The van der Waals surface area contributed by atoms with Gasteiger partial charge >= 0.3 is 22.2 Å². The van der Waals surface area contributed by atoms with Crippen molar-refractivity contribution in [1.82, 2.24) is 4.90 Å². The summed E-state index contributed by atoms with van der Waals surface area (Å²) in [7, 11) is -3.93. The van der Waals surface area contributed by atoms with Crippen molar-refractivity contribution in [2.45, 2.75) is 38.5 Å². The third-order valence-corrected chi connectivity index (χ3v) is 3.72. The zero-order valence-electron chi connectivity index (χ0n) is 10.8. The maximum absolute atomic E-state index is 11.5. The fraction of sp³-hybridized carbons (Fsp3) is 0.800. The smallest absolute Gasteiger partial charge is 0.410 e. The Hall–Kier alpha value is -1.31. The van der Waals surface area contributed by atoms with Gasteiger partial charge in [-0.2, -0.15) is 8.42 Å². The van der Waals surface area contributed by atoms with E-state index < -0.39 is 33.0 Å². The van der Waals surface area contributed by atoms with Gasteiger partial charge in [0.25, 0.3) is 0 Å². The molecule has 0 saturated carbocycles. The Morgan fingerprint density at radius 1 is 1.22 bits per heavy atom. The van der Waals surface area contributed by atoms with Gasteiger partial charge in [-0.25, -0.2) is 4.79 Å². The van der Waals surface area contributed by atoms with Crippen LogP contribution in [0.15, 0.2) is 0 Å². The Morgan fingerprint density at radius 3 is 2.11 bits per heavy atom. The third-order valence-electron chi connectivity index (χ3n) is 2.14. The van der Waals surface area contributed by atoms with Crippen molar-refractivity contribution in [3.05, 3.63) is 0 Å². The highest BCUT2D eigenvalue weighted by Crippen LogP contribution is 2.21. The summed E-state index contributed by atoms with van der Waals surface area (Å²) >= 11 is 0. The number of nitrogens with zero attached hydrogens (tertiary/aromatic N) is 1. The van der Waals surface area contributed by atoms with E-state index in [1.807, 2.05) is 0 Å². The quantitative estimate of drug-likeness (QED) is 0.684. The summed E-state index contributed by atoms with van der Waals surface area (Å²) in [6.07, 6.45) is -0.572. The van der Waals surface area contributed by atoms with Crippen molar-refractivity contribution in [3.8, 4) is 0 Å². The molecule has 0 aromatic carbocycles. The predicted molar refractivity (Wildman–Crippen MR) is 62.3 cm³/mol. The second-order valence-electron chi connectivity index (χ2n) is 5.08. The molecule has 0 N–H and O–H groups in total. The molecule has 0 radical (unpaired) electrons. The van der Waals surface area contributed by atoms with E-state index in [0.29, 0.717) is 0 Å². The molecule has 1 fully saturated rings. The first-order valence-corrected chi connectivity index (χ1v) is 6.90. The zero-order valence-corrected chi connectivity index (χ0v) is 11.6. The van der Waals surface area contributed by atoms with Gasteiger partial charge < -0.3 is 13.8 Å². The van der Waals surface area contributed by atoms with Crippen LogP contribution in [0.25, 0.3) is 0 Å². The van der Waals surface area contributed by atoms with E-state index in [1.54, 1.807) is 20.8 Å². The molecule has 1 amide bonds. The number of hydrogen-bond acceptors (Lipinski definition) is 6. The van der Waals surface area contributed by atoms with Crippen molar-refractivity contribution >= 4 is 22.2 Å². The van der Waals surface area contributed by atoms with E-state index in [2.05, 4.69) is 4.18 Å².